The Morgan fingerprint density at radius 1 is 1.41 bits per heavy atom. The topological polar surface area (TPSA) is 70.7 Å². The van der Waals surface area contributed by atoms with Gasteiger partial charge < -0.3 is 20.3 Å². The molecule has 6 heteroatoms. The van der Waals surface area contributed by atoms with E-state index in [1.165, 1.54) is 4.90 Å². The molecule has 1 heterocycles. The molecule has 1 saturated heterocycles. The molecule has 1 aromatic carbocycles. The van der Waals surface area contributed by atoms with Crippen LogP contribution in [0.25, 0.3) is 0 Å². The van der Waals surface area contributed by atoms with Crippen LogP contribution in [0, 0.1) is 0 Å². The highest BCUT2D eigenvalue weighted by molar-refractivity contribution is 5.94. The molecular weight excluding hydrogens is 282 g/mol. The van der Waals surface area contributed by atoms with E-state index in [1.54, 1.807) is 20.2 Å². The molecule has 1 aliphatic heterocycles. The Kier molecular flexibility index (Phi) is 5.91. The fourth-order valence-electron chi connectivity index (χ4n) is 2.32. The lowest BCUT2D eigenvalue weighted by Crippen LogP contribution is -2.44. The zero-order valence-corrected chi connectivity index (χ0v) is 13.1. The van der Waals surface area contributed by atoms with Gasteiger partial charge in [-0.25, -0.2) is 0 Å². The van der Waals surface area contributed by atoms with Gasteiger partial charge >= 0.3 is 0 Å². The predicted molar refractivity (Wildman–Crippen MR) is 83.5 cm³/mol. The number of nitrogens with zero attached hydrogens (tertiary/aromatic N) is 1. The SMILES string of the molecule is CN(C)C(=O)c1cccc(CNC(=O)CC2COCCN2)c1. The summed E-state index contributed by atoms with van der Waals surface area (Å²) in [6.45, 7) is 2.47. The highest BCUT2D eigenvalue weighted by atomic mass is 16.5. The lowest BCUT2D eigenvalue weighted by atomic mass is 10.1. The summed E-state index contributed by atoms with van der Waals surface area (Å²) in [5, 5.41) is 6.13. The fraction of sp³-hybridized carbons (Fsp3) is 0.500. The summed E-state index contributed by atoms with van der Waals surface area (Å²) in [4.78, 5) is 25.4. The first-order chi connectivity index (χ1) is 10.6. The van der Waals surface area contributed by atoms with Crippen molar-refractivity contribution >= 4 is 11.8 Å². The Morgan fingerprint density at radius 3 is 2.91 bits per heavy atom. The molecule has 1 aromatic rings. The first kappa shape index (κ1) is 16.5. The van der Waals surface area contributed by atoms with Crippen LogP contribution in [0.2, 0.25) is 0 Å². The van der Waals surface area contributed by atoms with Gasteiger partial charge in [0.1, 0.15) is 0 Å². The van der Waals surface area contributed by atoms with Crippen LogP contribution < -0.4 is 10.6 Å². The van der Waals surface area contributed by atoms with Gasteiger partial charge in [0.2, 0.25) is 5.91 Å². The second-order valence-corrected chi connectivity index (χ2v) is 5.61. The average Bonchev–Trinajstić information content (AvgIpc) is 2.53. The molecule has 2 N–H and O–H groups in total. The molecule has 1 aliphatic rings. The Balaban J connectivity index is 1.84. The molecule has 0 bridgehead atoms. The maximum absolute atomic E-state index is 11.9. The van der Waals surface area contributed by atoms with E-state index in [-0.39, 0.29) is 17.9 Å². The number of nitrogens with one attached hydrogen (secondary N) is 2. The van der Waals surface area contributed by atoms with E-state index in [0.29, 0.717) is 31.7 Å². The number of amides is 2. The van der Waals surface area contributed by atoms with Crippen molar-refractivity contribution < 1.29 is 14.3 Å². The zero-order valence-electron chi connectivity index (χ0n) is 13.1. The number of benzene rings is 1. The van der Waals surface area contributed by atoms with Crippen LogP contribution in [0.4, 0.5) is 0 Å². The van der Waals surface area contributed by atoms with E-state index in [9.17, 15) is 9.59 Å². The van der Waals surface area contributed by atoms with E-state index in [2.05, 4.69) is 10.6 Å². The third kappa shape index (κ3) is 4.82. The van der Waals surface area contributed by atoms with Crippen LogP contribution in [-0.2, 0) is 16.1 Å². The average molecular weight is 305 g/mol. The summed E-state index contributed by atoms with van der Waals surface area (Å²) in [7, 11) is 3.44. The van der Waals surface area contributed by atoms with Crippen LogP contribution in [0.1, 0.15) is 22.3 Å². The van der Waals surface area contributed by atoms with Gasteiger partial charge in [-0.05, 0) is 17.7 Å². The number of morpholine rings is 1. The van der Waals surface area contributed by atoms with Crippen molar-refractivity contribution in [1.82, 2.24) is 15.5 Å². The summed E-state index contributed by atoms with van der Waals surface area (Å²) in [6.07, 6.45) is 0.399. The van der Waals surface area contributed by atoms with Crippen LogP contribution in [0.5, 0.6) is 0 Å². The number of hydrogen-bond donors (Lipinski definition) is 2. The normalized spacial score (nSPS) is 17.8. The van der Waals surface area contributed by atoms with Crippen molar-refractivity contribution in [1.29, 1.82) is 0 Å². The molecule has 0 spiro atoms. The quantitative estimate of drug-likeness (QED) is 0.825. The zero-order chi connectivity index (χ0) is 15.9. The van der Waals surface area contributed by atoms with Crippen molar-refractivity contribution in [3.05, 3.63) is 35.4 Å². The van der Waals surface area contributed by atoms with Gasteiger partial charge in [-0.1, -0.05) is 12.1 Å². The molecule has 1 unspecified atom stereocenters. The highest BCUT2D eigenvalue weighted by Gasteiger charge is 2.16. The van der Waals surface area contributed by atoms with E-state index in [4.69, 9.17) is 4.74 Å². The fourth-order valence-corrected chi connectivity index (χ4v) is 2.32. The molecule has 0 aromatic heterocycles. The minimum absolute atomic E-state index is 0.0210. The maximum Gasteiger partial charge on any atom is 0.253 e. The third-order valence-corrected chi connectivity index (χ3v) is 3.50. The number of carbonyl (C=O) groups excluding carboxylic acids is 2. The lowest BCUT2D eigenvalue weighted by Gasteiger charge is -2.23. The van der Waals surface area contributed by atoms with Crippen LogP contribution in [0.3, 0.4) is 0 Å². The smallest absolute Gasteiger partial charge is 0.253 e. The van der Waals surface area contributed by atoms with Gasteiger partial charge in [-0.2, -0.15) is 0 Å². The molecule has 1 atom stereocenters. The third-order valence-electron chi connectivity index (χ3n) is 3.50. The molecular formula is C16H23N3O3. The van der Waals surface area contributed by atoms with Crippen LogP contribution >= 0.6 is 0 Å². The molecule has 120 valence electrons. The van der Waals surface area contributed by atoms with Gasteiger partial charge in [0, 0.05) is 45.2 Å². The summed E-state index contributed by atoms with van der Waals surface area (Å²) in [5.41, 5.74) is 1.54. The summed E-state index contributed by atoms with van der Waals surface area (Å²) >= 11 is 0. The predicted octanol–water partition coefficient (Wildman–Crippen LogP) is 0.383. The van der Waals surface area contributed by atoms with Gasteiger partial charge in [-0.15, -0.1) is 0 Å². The molecule has 0 aliphatic carbocycles. The minimum Gasteiger partial charge on any atom is -0.378 e. The van der Waals surface area contributed by atoms with Crippen molar-refractivity contribution in [2.75, 3.05) is 33.9 Å². The Bertz CT molecular complexity index is 525. The number of carbonyl (C=O) groups is 2. The lowest BCUT2D eigenvalue weighted by molar-refractivity contribution is -0.122. The van der Waals surface area contributed by atoms with Crippen molar-refractivity contribution in [2.24, 2.45) is 0 Å². The molecule has 2 rings (SSSR count). The summed E-state index contributed by atoms with van der Waals surface area (Å²) < 4.78 is 5.33. The van der Waals surface area contributed by atoms with E-state index in [0.717, 1.165) is 12.1 Å². The van der Waals surface area contributed by atoms with E-state index >= 15 is 0 Å². The van der Waals surface area contributed by atoms with E-state index < -0.39 is 0 Å². The summed E-state index contributed by atoms with van der Waals surface area (Å²) in [5.74, 6) is -0.0657. The molecule has 0 saturated carbocycles. The Labute approximate surface area is 130 Å². The van der Waals surface area contributed by atoms with Crippen molar-refractivity contribution in [3.8, 4) is 0 Å². The van der Waals surface area contributed by atoms with Crippen molar-refractivity contribution in [2.45, 2.75) is 19.0 Å². The van der Waals surface area contributed by atoms with Gasteiger partial charge in [0.25, 0.3) is 5.91 Å². The number of ether oxygens (including phenoxy) is 1. The van der Waals surface area contributed by atoms with Crippen molar-refractivity contribution in [3.63, 3.8) is 0 Å². The van der Waals surface area contributed by atoms with Crippen LogP contribution in [-0.4, -0.2) is 56.6 Å². The molecule has 6 nitrogen and oxygen atoms in total. The molecule has 2 amide bonds. The Hall–Kier alpha value is -1.92. The van der Waals surface area contributed by atoms with Crippen LogP contribution in [0.15, 0.2) is 24.3 Å². The maximum atomic E-state index is 11.9. The molecule has 22 heavy (non-hydrogen) atoms. The first-order valence-corrected chi connectivity index (χ1v) is 7.44. The number of rotatable bonds is 5. The minimum atomic E-state index is -0.0447. The summed E-state index contributed by atoms with van der Waals surface area (Å²) in [6, 6.07) is 7.39. The van der Waals surface area contributed by atoms with Gasteiger partial charge in [-0.3, -0.25) is 9.59 Å². The van der Waals surface area contributed by atoms with Gasteiger partial charge in [0.05, 0.1) is 13.2 Å². The second kappa shape index (κ2) is 7.91. The monoisotopic (exact) mass is 305 g/mol. The number of hydrogen-bond acceptors (Lipinski definition) is 4. The van der Waals surface area contributed by atoms with Gasteiger partial charge in [0.15, 0.2) is 0 Å². The first-order valence-electron chi connectivity index (χ1n) is 7.44. The highest BCUT2D eigenvalue weighted by Crippen LogP contribution is 2.07. The standard InChI is InChI=1S/C16H23N3O3/c1-19(2)16(21)13-5-3-4-12(8-13)10-18-15(20)9-14-11-22-7-6-17-14/h3-5,8,14,17H,6-7,9-11H2,1-2H3,(H,18,20). The Morgan fingerprint density at radius 2 is 2.23 bits per heavy atom. The molecule has 1 fully saturated rings. The molecule has 0 radical (unpaired) electrons. The second-order valence-electron chi connectivity index (χ2n) is 5.61. The van der Waals surface area contributed by atoms with E-state index in [1.807, 2.05) is 18.2 Å². The largest absolute Gasteiger partial charge is 0.378 e.